The normalized spacial score (nSPS) is 14.1. The van der Waals surface area contributed by atoms with Crippen molar-refractivity contribution in [3.8, 4) is 0 Å². The second-order valence-corrected chi connectivity index (χ2v) is 6.45. The lowest BCUT2D eigenvalue weighted by Gasteiger charge is -2.13. The molecule has 1 rings (SSSR count). The van der Waals surface area contributed by atoms with E-state index in [0.29, 0.717) is 5.92 Å². The van der Waals surface area contributed by atoms with Crippen LogP contribution in [0.3, 0.4) is 0 Å². The first-order chi connectivity index (χ1) is 7.92. The predicted molar refractivity (Wildman–Crippen MR) is 67.1 cm³/mol. The molecule has 0 bridgehead atoms. The molecule has 98 valence electrons. The van der Waals surface area contributed by atoms with Crippen molar-refractivity contribution in [2.24, 2.45) is 5.92 Å². The Labute approximate surface area is 103 Å². The van der Waals surface area contributed by atoms with Crippen molar-refractivity contribution in [2.45, 2.75) is 51.1 Å². The zero-order chi connectivity index (χ0) is 12.9. The minimum atomic E-state index is -3.43. The SMILES string of the molecule is CC(C)CCCC(C)NS(=O)(=O)c1ccn[nH]1. The van der Waals surface area contributed by atoms with Crippen LogP contribution in [0.5, 0.6) is 0 Å². The summed E-state index contributed by atoms with van der Waals surface area (Å²) in [5, 5.41) is 6.21. The number of H-pyrrole nitrogens is 1. The third-order valence-electron chi connectivity index (χ3n) is 2.54. The number of aromatic amines is 1. The summed E-state index contributed by atoms with van der Waals surface area (Å²) in [6.45, 7) is 6.22. The van der Waals surface area contributed by atoms with Gasteiger partial charge in [-0.15, -0.1) is 0 Å². The maximum atomic E-state index is 11.8. The van der Waals surface area contributed by atoms with Crippen molar-refractivity contribution in [3.63, 3.8) is 0 Å². The lowest BCUT2D eigenvalue weighted by molar-refractivity contribution is 0.487. The van der Waals surface area contributed by atoms with Crippen molar-refractivity contribution in [1.82, 2.24) is 14.9 Å². The van der Waals surface area contributed by atoms with Gasteiger partial charge < -0.3 is 0 Å². The van der Waals surface area contributed by atoms with Crippen LogP contribution in [0.2, 0.25) is 0 Å². The van der Waals surface area contributed by atoms with Gasteiger partial charge in [-0.3, -0.25) is 5.10 Å². The van der Waals surface area contributed by atoms with E-state index in [4.69, 9.17) is 0 Å². The van der Waals surface area contributed by atoms with Crippen LogP contribution in [-0.4, -0.2) is 24.7 Å². The van der Waals surface area contributed by atoms with Crippen molar-refractivity contribution < 1.29 is 8.42 Å². The summed E-state index contributed by atoms with van der Waals surface area (Å²) in [4.78, 5) is 0. The highest BCUT2D eigenvalue weighted by Gasteiger charge is 2.18. The Balaban J connectivity index is 2.43. The van der Waals surface area contributed by atoms with Crippen LogP contribution in [0.15, 0.2) is 17.3 Å². The lowest BCUT2D eigenvalue weighted by atomic mass is 10.0. The van der Waals surface area contributed by atoms with Gasteiger partial charge in [0.05, 0.1) is 6.20 Å². The summed E-state index contributed by atoms with van der Waals surface area (Å²) in [5.74, 6) is 0.659. The molecule has 1 heterocycles. The molecular weight excluding hydrogens is 238 g/mol. The van der Waals surface area contributed by atoms with Crippen LogP contribution in [-0.2, 0) is 10.0 Å². The molecule has 1 aromatic rings. The fourth-order valence-electron chi connectivity index (χ4n) is 1.61. The Bertz CT molecular complexity index is 412. The molecule has 0 saturated carbocycles. The van der Waals surface area contributed by atoms with E-state index in [0.717, 1.165) is 19.3 Å². The Hall–Kier alpha value is -0.880. The largest absolute Gasteiger partial charge is 0.266 e. The van der Waals surface area contributed by atoms with Gasteiger partial charge in [-0.1, -0.05) is 26.7 Å². The summed E-state index contributed by atoms with van der Waals surface area (Å²) >= 11 is 0. The highest BCUT2D eigenvalue weighted by Crippen LogP contribution is 2.10. The molecule has 0 aliphatic heterocycles. The van der Waals surface area contributed by atoms with E-state index in [-0.39, 0.29) is 11.1 Å². The Morgan fingerprint density at radius 3 is 2.59 bits per heavy atom. The lowest BCUT2D eigenvalue weighted by Crippen LogP contribution is -2.32. The third kappa shape index (κ3) is 4.87. The maximum absolute atomic E-state index is 11.8. The fraction of sp³-hybridized carbons (Fsp3) is 0.727. The number of rotatable bonds is 7. The van der Waals surface area contributed by atoms with E-state index < -0.39 is 10.0 Å². The van der Waals surface area contributed by atoms with E-state index in [1.807, 2.05) is 6.92 Å². The third-order valence-corrected chi connectivity index (χ3v) is 4.06. The smallest absolute Gasteiger partial charge is 0.257 e. The second-order valence-electron chi connectivity index (χ2n) is 4.77. The summed E-state index contributed by atoms with van der Waals surface area (Å²) in [7, 11) is -3.43. The first-order valence-electron chi connectivity index (χ1n) is 5.93. The molecular formula is C11H21N3O2S. The van der Waals surface area contributed by atoms with E-state index in [1.165, 1.54) is 12.3 Å². The Kier molecular flexibility index (Phi) is 5.14. The highest BCUT2D eigenvalue weighted by molar-refractivity contribution is 7.89. The monoisotopic (exact) mass is 259 g/mol. The van der Waals surface area contributed by atoms with Gasteiger partial charge in [0.15, 0.2) is 5.03 Å². The van der Waals surface area contributed by atoms with Gasteiger partial charge in [0.2, 0.25) is 0 Å². The van der Waals surface area contributed by atoms with Crippen LogP contribution >= 0.6 is 0 Å². The molecule has 0 radical (unpaired) electrons. The average molecular weight is 259 g/mol. The van der Waals surface area contributed by atoms with Gasteiger partial charge in [-0.05, 0) is 25.3 Å². The van der Waals surface area contributed by atoms with E-state index in [9.17, 15) is 8.42 Å². The summed E-state index contributed by atoms with van der Waals surface area (Å²) in [6, 6.07) is 1.39. The van der Waals surface area contributed by atoms with Crippen LogP contribution in [0.4, 0.5) is 0 Å². The van der Waals surface area contributed by atoms with Crippen LogP contribution in [0.25, 0.3) is 0 Å². The van der Waals surface area contributed by atoms with Gasteiger partial charge in [-0.25, -0.2) is 13.1 Å². The second kappa shape index (κ2) is 6.16. The minimum Gasteiger partial charge on any atom is -0.266 e. The first-order valence-corrected chi connectivity index (χ1v) is 7.42. The molecule has 0 aromatic carbocycles. The van der Waals surface area contributed by atoms with Crippen molar-refractivity contribution in [3.05, 3.63) is 12.3 Å². The number of hydrogen-bond acceptors (Lipinski definition) is 3. The van der Waals surface area contributed by atoms with Crippen molar-refractivity contribution in [1.29, 1.82) is 0 Å². The molecule has 1 unspecified atom stereocenters. The van der Waals surface area contributed by atoms with Crippen molar-refractivity contribution in [2.75, 3.05) is 0 Å². The van der Waals surface area contributed by atoms with Gasteiger partial charge in [0, 0.05) is 6.04 Å². The van der Waals surface area contributed by atoms with E-state index in [2.05, 4.69) is 28.8 Å². The molecule has 2 N–H and O–H groups in total. The predicted octanol–water partition coefficient (Wildman–Crippen LogP) is 1.90. The Morgan fingerprint density at radius 1 is 1.35 bits per heavy atom. The molecule has 0 aliphatic rings. The minimum absolute atomic E-state index is 0.0537. The van der Waals surface area contributed by atoms with Gasteiger partial charge in [0.25, 0.3) is 10.0 Å². The molecule has 0 spiro atoms. The summed E-state index contributed by atoms with van der Waals surface area (Å²) < 4.78 is 26.3. The van der Waals surface area contributed by atoms with Gasteiger partial charge in [0.1, 0.15) is 0 Å². The van der Waals surface area contributed by atoms with Crippen LogP contribution in [0, 0.1) is 5.92 Å². The van der Waals surface area contributed by atoms with Crippen LogP contribution in [0.1, 0.15) is 40.0 Å². The van der Waals surface area contributed by atoms with Gasteiger partial charge in [-0.2, -0.15) is 5.10 Å². The molecule has 1 atom stereocenters. The molecule has 6 heteroatoms. The van der Waals surface area contributed by atoms with Gasteiger partial charge >= 0.3 is 0 Å². The van der Waals surface area contributed by atoms with Crippen molar-refractivity contribution >= 4 is 10.0 Å². The van der Waals surface area contributed by atoms with E-state index >= 15 is 0 Å². The zero-order valence-corrected chi connectivity index (χ0v) is 11.4. The van der Waals surface area contributed by atoms with Crippen LogP contribution < -0.4 is 4.72 Å². The summed E-state index contributed by atoms with van der Waals surface area (Å²) in [5.41, 5.74) is 0. The summed E-state index contributed by atoms with van der Waals surface area (Å²) in [6.07, 6.45) is 4.43. The highest BCUT2D eigenvalue weighted by atomic mass is 32.2. The quantitative estimate of drug-likeness (QED) is 0.785. The Morgan fingerprint density at radius 2 is 2.06 bits per heavy atom. The molecule has 5 nitrogen and oxygen atoms in total. The number of aromatic nitrogens is 2. The number of hydrogen-bond donors (Lipinski definition) is 2. The first kappa shape index (κ1) is 14.2. The topological polar surface area (TPSA) is 74.8 Å². The molecule has 17 heavy (non-hydrogen) atoms. The molecule has 0 amide bonds. The fourth-order valence-corrected chi connectivity index (χ4v) is 2.80. The zero-order valence-electron chi connectivity index (χ0n) is 10.6. The molecule has 0 fully saturated rings. The van der Waals surface area contributed by atoms with E-state index in [1.54, 1.807) is 0 Å². The molecule has 0 aliphatic carbocycles. The standard InChI is InChI=1S/C11H21N3O2S/c1-9(2)5-4-6-10(3)14-17(15,16)11-7-8-12-13-11/h7-10,14H,4-6H2,1-3H3,(H,12,13). The maximum Gasteiger partial charge on any atom is 0.257 e. The number of nitrogens with one attached hydrogen (secondary N) is 2. The number of nitrogens with zero attached hydrogens (tertiary/aromatic N) is 1. The molecule has 1 aromatic heterocycles. The average Bonchev–Trinajstić information content (AvgIpc) is 2.68. The molecule has 0 saturated heterocycles. The number of sulfonamides is 1.